The van der Waals surface area contributed by atoms with E-state index in [9.17, 15) is 13.0 Å². The molecule has 18 heavy (non-hydrogen) atoms. The fraction of sp³-hybridized carbons (Fsp3) is 0.167. The van der Waals surface area contributed by atoms with E-state index in [4.69, 9.17) is 11.5 Å². The van der Waals surface area contributed by atoms with Gasteiger partial charge in [-0.1, -0.05) is 36.4 Å². The minimum atomic E-state index is -4.34. The average Bonchev–Trinajstić information content (AvgIpc) is 2.28. The molecule has 0 saturated heterocycles. The van der Waals surface area contributed by atoms with Gasteiger partial charge in [0, 0.05) is 5.92 Å². The highest BCUT2D eigenvalue weighted by Crippen LogP contribution is 2.33. The van der Waals surface area contributed by atoms with Gasteiger partial charge < -0.3 is 11.5 Å². The maximum atomic E-state index is 11.4. The maximum absolute atomic E-state index is 11.4. The van der Waals surface area contributed by atoms with Crippen molar-refractivity contribution in [2.75, 3.05) is 0 Å². The van der Waals surface area contributed by atoms with E-state index >= 15 is 0 Å². The molecule has 1 aromatic rings. The molecule has 0 saturated carbocycles. The van der Waals surface area contributed by atoms with Crippen LogP contribution in [0.3, 0.4) is 0 Å². The van der Waals surface area contributed by atoms with Crippen molar-refractivity contribution < 1.29 is 13.0 Å². The quantitative estimate of drug-likeness (QED) is 0.415. The van der Waals surface area contributed by atoms with Crippen molar-refractivity contribution in [2.24, 2.45) is 11.5 Å². The molecule has 6 heteroatoms. The SMILES string of the molecule is NC1(N)C=CC(c2ccccc2)C(S(=O)(=O)O)=C1. The second-order valence-electron chi connectivity index (χ2n) is 4.27. The Morgan fingerprint density at radius 2 is 1.78 bits per heavy atom. The molecular formula is C12H14N2O3S. The molecule has 2 rings (SSSR count). The van der Waals surface area contributed by atoms with Gasteiger partial charge in [0.2, 0.25) is 0 Å². The Labute approximate surface area is 106 Å². The zero-order valence-corrected chi connectivity index (χ0v) is 10.3. The predicted octanol–water partition coefficient (Wildman–Crippen LogP) is 0.725. The summed E-state index contributed by atoms with van der Waals surface area (Å²) in [5.74, 6) is -0.568. The third-order valence-electron chi connectivity index (χ3n) is 2.73. The first-order valence-corrected chi connectivity index (χ1v) is 6.76. The first-order valence-electron chi connectivity index (χ1n) is 5.32. The molecule has 0 fully saturated rings. The van der Waals surface area contributed by atoms with E-state index < -0.39 is 21.7 Å². The van der Waals surface area contributed by atoms with Crippen molar-refractivity contribution in [2.45, 2.75) is 11.6 Å². The van der Waals surface area contributed by atoms with Crippen LogP contribution in [0.25, 0.3) is 0 Å². The molecule has 0 aromatic heterocycles. The summed E-state index contributed by atoms with van der Waals surface area (Å²) in [7, 11) is -4.34. The Bertz CT molecular complexity index is 603. The summed E-state index contributed by atoms with van der Waals surface area (Å²) >= 11 is 0. The lowest BCUT2D eigenvalue weighted by Crippen LogP contribution is -2.47. The van der Waals surface area contributed by atoms with Crippen molar-refractivity contribution in [3.05, 3.63) is 59.0 Å². The Balaban J connectivity index is 2.52. The van der Waals surface area contributed by atoms with Gasteiger partial charge in [0.05, 0.1) is 4.91 Å². The lowest BCUT2D eigenvalue weighted by atomic mass is 9.91. The van der Waals surface area contributed by atoms with Crippen LogP contribution in [0.2, 0.25) is 0 Å². The molecule has 0 spiro atoms. The number of benzene rings is 1. The summed E-state index contributed by atoms with van der Waals surface area (Å²) in [5.41, 5.74) is 10.7. The Morgan fingerprint density at radius 3 is 2.33 bits per heavy atom. The van der Waals surface area contributed by atoms with Gasteiger partial charge in [0.15, 0.2) is 0 Å². The number of hydrogen-bond donors (Lipinski definition) is 3. The summed E-state index contributed by atoms with van der Waals surface area (Å²) in [6, 6.07) is 8.94. The standard InChI is InChI=1S/C12H14N2O3S/c13-12(14)7-6-10(9-4-2-1-3-5-9)11(8-12)18(15,16)17/h1-8,10H,13-14H2,(H,15,16,17). The Morgan fingerprint density at radius 1 is 1.17 bits per heavy atom. The van der Waals surface area contributed by atoms with Gasteiger partial charge in [-0.2, -0.15) is 8.42 Å². The summed E-state index contributed by atoms with van der Waals surface area (Å²) in [4.78, 5) is -0.193. The van der Waals surface area contributed by atoms with Crippen LogP contribution in [-0.2, 0) is 10.1 Å². The van der Waals surface area contributed by atoms with Gasteiger partial charge in [0.1, 0.15) is 5.66 Å². The van der Waals surface area contributed by atoms with Crippen LogP contribution in [0.5, 0.6) is 0 Å². The number of rotatable bonds is 2. The minimum absolute atomic E-state index is 0.193. The van der Waals surface area contributed by atoms with E-state index in [-0.39, 0.29) is 4.91 Å². The van der Waals surface area contributed by atoms with Crippen molar-refractivity contribution >= 4 is 10.1 Å². The maximum Gasteiger partial charge on any atom is 0.291 e. The van der Waals surface area contributed by atoms with Crippen LogP contribution >= 0.6 is 0 Å². The van der Waals surface area contributed by atoms with Gasteiger partial charge >= 0.3 is 0 Å². The molecule has 1 atom stereocenters. The van der Waals surface area contributed by atoms with Gasteiger partial charge in [-0.15, -0.1) is 0 Å². The summed E-state index contributed by atoms with van der Waals surface area (Å²) in [6.07, 6.45) is 4.26. The topological polar surface area (TPSA) is 106 Å². The van der Waals surface area contributed by atoms with Crippen molar-refractivity contribution in [1.82, 2.24) is 0 Å². The zero-order chi connectivity index (χ0) is 13.4. The molecule has 0 amide bonds. The third-order valence-corrected chi connectivity index (χ3v) is 3.70. The normalized spacial score (nSPS) is 22.6. The number of allylic oxidation sites excluding steroid dienone is 2. The monoisotopic (exact) mass is 266 g/mol. The minimum Gasteiger partial charge on any atom is -0.307 e. The fourth-order valence-corrected chi connectivity index (χ4v) is 2.80. The molecule has 1 aliphatic carbocycles. The molecule has 1 aliphatic rings. The smallest absolute Gasteiger partial charge is 0.291 e. The number of hydrogen-bond acceptors (Lipinski definition) is 4. The van der Waals surface area contributed by atoms with Gasteiger partial charge in [-0.05, 0) is 17.7 Å². The molecule has 1 unspecified atom stereocenters. The first kappa shape index (κ1) is 13.0. The van der Waals surface area contributed by atoms with Gasteiger partial charge in [0.25, 0.3) is 10.1 Å². The van der Waals surface area contributed by atoms with Crippen LogP contribution < -0.4 is 11.5 Å². The highest BCUT2D eigenvalue weighted by atomic mass is 32.2. The average molecular weight is 266 g/mol. The van der Waals surface area contributed by atoms with E-state index in [0.29, 0.717) is 0 Å². The van der Waals surface area contributed by atoms with Gasteiger partial charge in [-0.3, -0.25) is 4.55 Å². The molecule has 0 heterocycles. The van der Waals surface area contributed by atoms with E-state index in [1.807, 2.05) is 6.07 Å². The molecule has 0 bridgehead atoms. The van der Waals surface area contributed by atoms with Gasteiger partial charge in [-0.25, -0.2) is 0 Å². The van der Waals surface area contributed by atoms with Crippen LogP contribution in [0.1, 0.15) is 11.5 Å². The zero-order valence-electron chi connectivity index (χ0n) is 9.52. The van der Waals surface area contributed by atoms with E-state index in [1.54, 1.807) is 30.3 Å². The summed E-state index contributed by atoms with van der Waals surface area (Å²) in [5, 5.41) is 0. The van der Waals surface area contributed by atoms with E-state index in [0.717, 1.165) is 5.56 Å². The largest absolute Gasteiger partial charge is 0.307 e. The summed E-state index contributed by atoms with van der Waals surface area (Å²) < 4.78 is 32.1. The van der Waals surface area contributed by atoms with Crippen LogP contribution in [0, 0.1) is 0 Å². The Kier molecular flexibility index (Phi) is 3.12. The second-order valence-corrected chi connectivity index (χ2v) is 5.69. The predicted molar refractivity (Wildman–Crippen MR) is 69.1 cm³/mol. The third kappa shape index (κ3) is 2.68. The highest BCUT2D eigenvalue weighted by Gasteiger charge is 2.31. The molecule has 5 nitrogen and oxygen atoms in total. The van der Waals surface area contributed by atoms with Crippen molar-refractivity contribution in [1.29, 1.82) is 0 Å². The molecular weight excluding hydrogens is 252 g/mol. The van der Waals surface area contributed by atoms with Crippen LogP contribution in [0.15, 0.2) is 53.5 Å². The fourth-order valence-electron chi connectivity index (χ4n) is 1.91. The first-order chi connectivity index (χ1) is 8.30. The molecule has 0 radical (unpaired) electrons. The molecule has 96 valence electrons. The molecule has 5 N–H and O–H groups in total. The Hall–Kier alpha value is -1.47. The highest BCUT2D eigenvalue weighted by molar-refractivity contribution is 7.89. The molecule has 1 aromatic carbocycles. The summed E-state index contributed by atoms with van der Waals surface area (Å²) in [6.45, 7) is 0. The lowest BCUT2D eigenvalue weighted by molar-refractivity contribution is 0.486. The lowest BCUT2D eigenvalue weighted by Gasteiger charge is -2.26. The van der Waals surface area contributed by atoms with E-state index in [2.05, 4.69) is 0 Å². The van der Waals surface area contributed by atoms with Crippen LogP contribution in [-0.4, -0.2) is 18.6 Å². The second kappa shape index (κ2) is 4.33. The van der Waals surface area contributed by atoms with Crippen LogP contribution in [0.4, 0.5) is 0 Å². The van der Waals surface area contributed by atoms with E-state index in [1.165, 1.54) is 12.2 Å². The van der Waals surface area contributed by atoms with Crippen molar-refractivity contribution in [3.8, 4) is 0 Å². The number of nitrogens with two attached hydrogens (primary N) is 2. The van der Waals surface area contributed by atoms with Crippen molar-refractivity contribution in [3.63, 3.8) is 0 Å². The molecule has 0 aliphatic heterocycles.